The van der Waals surface area contributed by atoms with E-state index in [1.165, 1.54) is 42.4 Å². The van der Waals surface area contributed by atoms with Crippen LogP contribution in [-0.4, -0.2) is 5.91 Å². The maximum Gasteiger partial charge on any atom is 0.232 e. The highest BCUT2D eigenvalue weighted by Gasteiger charge is 2.51. The van der Waals surface area contributed by atoms with Crippen molar-refractivity contribution in [3.8, 4) is 0 Å². The van der Waals surface area contributed by atoms with E-state index in [1.807, 2.05) is 6.07 Å². The first-order chi connectivity index (χ1) is 14.8. The number of nitrogens with one attached hydrogen (secondary N) is 1. The van der Waals surface area contributed by atoms with E-state index < -0.39 is 0 Å². The first kappa shape index (κ1) is 22.1. The number of anilines is 1. The molecule has 0 radical (unpaired) electrons. The van der Waals surface area contributed by atoms with Crippen molar-refractivity contribution in [1.29, 1.82) is 0 Å². The SMILES string of the molecule is CCc1ccc([C@@H](C(=O)Nc2cccc(CC3(C(C)(C)C)CC3)c2)C2CCCC2)cc1. The van der Waals surface area contributed by atoms with E-state index in [0.29, 0.717) is 16.7 Å². The fourth-order valence-corrected chi connectivity index (χ4v) is 5.60. The van der Waals surface area contributed by atoms with Gasteiger partial charge in [-0.25, -0.2) is 0 Å². The fraction of sp³-hybridized carbons (Fsp3) is 0.552. The molecule has 2 fully saturated rings. The summed E-state index contributed by atoms with van der Waals surface area (Å²) < 4.78 is 0. The Morgan fingerprint density at radius 1 is 1.03 bits per heavy atom. The molecule has 0 saturated heterocycles. The Morgan fingerprint density at radius 2 is 1.71 bits per heavy atom. The molecule has 0 aliphatic heterocycles. The Labute approximate surface area is 188 Å². The van der Waals surface area contributed by atoms with Crippen LogP contribution in [-0.2, 0) is 17.6 Å². The van der Waals surface area contributed by atoms with E-state index in [1.54, 1.807) is 0 Å². The minimum atomic E-state index is -0.0542. The van der Waals surface area contributed by atoms with Gasteiger partial charge in [-0.3, -0.25) is 4.79 Å². The molecule has 2 aliphatic carbocycles. The number of hydrogen-bond acceptors (Lipinski definition) is 1. The predicted octanol–water partition coefficient (Wildman–Crippen LogP) is 7.53. The van der Waals surface area contributed by atoms with Crippen molar-refractivity contribution in [2.45, 2.75) is 85.0 Å². The first-order valence-electron chi connectivity index (χ1n) is 12.3. The van der Waals surface area contributed by atoms with E-state index in [2.05, 4.69) is 75.5 Å². The van der Waals surface area contributed by atoms with Gasteiger partial charge < -0.3 is 5.32 Å². The van der Waals surface area contributed by atoms with Crippen LogP contribution in [0.5, 0.6) is 0 Å². The van der Waals surface area contributed by atoms with Crippen molar-refractivity contribution in [3.05, 3.63) is 65.2 Å². The van der Waals surface area contributed by atoms with Gasteiger partial charge in [-0.2, -0.15) is 0 Å². The van der Waals surface area contributed by atoms with Crippen molar-refractivity contribution >= 4 is 11.6 Å². The van der Waals surface area contributed by atoms with Gasteiger partial charge in [0.05, 0.1) is 5.92 Å². The summed E-state index contributed by atoms with van der Waals surface area (Å²) in [7, 11) is 0. The van der Waals surface area contributed by atoms with Gasteiger partial charge in [-0.15, -0.1) is 0 Å². The average Bonchev–Trinajstić information content (AvgIpc) is 3.34. The Hall–Kier alpha value is -2.09. The second-order valence-electron chi connectivity index (χ2n) is 11.0. The van der Waals surface area contributed by atoms with Crippen molar-refractivity contribution in [2.75, 3.05) is 5.32 Å². The molecule has 0 spiro atoms. The lowest BCUT2D eigenvalue weighted by molar-refractivity contribution is -0.118. The number of aryl methyl sites for hydroxylation is 1. The van der Waals surface area contributed by atoms with E-state index >= 15 is 0 Å². The summed E-state index contributed by atoms with van der Waals surface area (Å²) in [4.78, 5) is 13.5. The second-order valence-corrected chi connectivity index (χ2v) is 11.0. The van der Waals surface area contributed by atoms with Crippen molar-refractivity contribution in [1.82, 2.24) is 0 Å². The third-order valence-electron chi connectivity index (χ3n) is 8.08. The molecule has 1 N–H and O–H groups in total. The lowest BCUT2D eigenvalue weighted by Gasteiger charge is -2.31. The van der Waals surface area contributed by atoms with Crippen LogP contribution < -0.4 is 5.32 Å². The third-order valence-corrected chi connectivity index (χ3v) is 8.08. The zero-order valence-electron chi connectivity index (χ0n) is 19.8. The van der Waals surface area contributed by atoms with Gasteiger partial charge in [0.1, 0.15) is 0 Å². The third kappa shape index (κ3) is 4.89. The van der Waals surface area contributed by atoms with Crippen molar-refractivity contribution < 1.29 is 4.79 Å². The normalized spacial score (nSPS) is 19.2. The highest BCUT2D eigenvalue weighted by Crippen LogP contribution is 2.60. The summed E-state index contributed by atoms with van der Waals surface area (Å²) >= 11 is 0. The summed E-state index contributed by atoms with van der Waals surface area (Å²) in [6.07, 6.45) is 9.55. The molecule has 1 amide bonds. The summed E-state index contributed by atoms with van der Waals surface area (Å²) in [6, 6.07) is 17.3. The topological polar surface area (TPSA) is 29.1 Å². The number of carbonyl (C=O) groups is 1. The lowest BCUT2D eigenvalue weighted by atomic mass is 9.74. The monoisotopic (exact) mass is 417 g/mol. The zero-order chi connectivity index (χ0) is 22.1. The number of hydrogen-bond donors (Lipinski definition) is 1. The molecule has 0 heterocycles. The fourth-order valence-electron chi connectivity index (χ4n) is 5.60. The van der Waals surface area contributed by atoms with Crippen LogP contribution in [0, 0.1) is 16.7 Å². The Balaban J connectivity index is 1.52. The Morgan fingerprint density at radius 3 is 2.29 bits per heavy atom. The van der Waals surface area contributed by atoms with E-state index in [0.717, 1.165) is 31.4 Å². The first-order valence-corrected chi connectivity index (χ1v) is 12.3. The summed E-state index contributed by atoms with van der Waals surface area (Å²) in [6.45, 7) is 9.26. The number of carbonyl (C=O) groups excluding carboxylic acids is 1. The number of rotatable bonds is 7. The van der Waals surface area contributed by atoms with Crippen molar-refractivity contribution in [3.63, 3.8) is 0 Å². The Kier molecular flexibility index (Phi) is 6.28. The van der Waals surface area contributed by atoms with Crippen LogP contribution in [0.2, 0.25) is 0 Å². The van der Waals surface area contributed by atoms with Gasteiger partial charge in [-0.1, -0.05) is 76.9 Å². The molecular weight excluding hydrogens is 378 g/mol. The standard InChI is InChI=1S/C29H39NO/c1-5-21-13-15-24(16-14-21)26(23-10-6-7-11-23)27(31)30-25-12-8-9-22(19-25)20-29(17-18-29)28(2,3)4/h8-9,12-16,19,23,26H,5-7,10-11,17-18,20H2,1-4H3,(H,30,31)/t26-/m0/s1. The summed E-state index contributed by atoms with van der Waals surface area (Å²) in [5, 5.41) is 3.29. The number of amides is 1. The zero-order valence-corrected chi connectivity index (χ0v) is 19.8. The maximum absolute atomic E-state index is 13.5. The highest BCUT2D eigenvalue weighted by atomic mass is 16.1. The molecule has 2 nitrogen and oxygen atoms in total. The highest BCUT2D eigenvalue weighted by molar-refractivity contribution is 5.96. The molecule has 0 bridgehead atoms. The molecule has 2 aromatic rings. The van der Waals surface area contributed by atoms with Gasteiger partial charge in [-0.05, 0) is 84.1 Å². The minimum Gasteiger partial charge on any atom is -0.326 e. The largest absolute Gasteiger partial charge is 0.326 e. The smallest absolute Gasteiger partial charge is 0.232 e. The molecule has 2 aliphatic rings. The molecule has 2 saturated carbocycles. The lowest BCUT2D eigenvalue weighted by Crippen LogP contribution is -2.27. The van der Waals surface area contributed by atoms with Gasteiger partial charge >= 0.3 is 0 Å². The molecule has 0 unspecified atom stereocenters. The van der Waals surface area contributed by atoms with Crippen molar-refractivity contribution in [2.24, 2.45) is 16.7 Å². The number of benzene rings is 2. The summed E-state index contributed by atoms with van der Waals surface area (Å²) in [5.41, 5.74) is 5.53. The van der Waals surface area contributed by atoms with E-state index in [4.69, 9.17) is 0 Å². The molecule has 1 atom stereocenters. The van der Waals surface area contributed by atoms with Crippen LogP contribution in [0.4, 0.5) is 5.69 Å². The van der Waals surface area contributed by atoms with E-state index in [9.17, 15) is 4.79 Å². The second kappa shape index (κ2) is 8.81. The van der Waals surface area contributed by atoms with Crippen LogP contribution in [0.1, 0.15) is 88.8 Å². The molecule has 2 aromatic carbocycles. The van der Waals surface area contributed by atoms with Crippen LogP contribution in [0.25, 0.3) is 0 Å². The minimum absolute atomic E-state index is 0.0542. The van der Waals surface area contributed by atoms with Crippen LogP contribution in [0.3, 0.4) is 0 Å². The average molecular weight is 418 g/mol. The molecular formula is C29H39NO. The molecule has 4 rings (SSSR count). The predicted molar refractivity (Wildman–Crippen MR) is 130 cm³/mol. The Bertz CT molecular complexity index is 895. The molecule has 31 heavy (non-hydrogen) atoms. The van der Waals surface area contributed by atoms with Gasteiger partial charge in [0.2, 0.25) is 5.91 Å². The molecule has 166 valence electrons. The summed E-state index contributed by atoms with van der Waals surface area (Å²) in [5.74, 6) is 0.554. The maximum atomic E-state index is 13.5. The van der Waals surface area contributed by atoms with Gasteiger partial charge in [0.15, 0.2) is 0 Å². The molecule has 0 aromatic heterocycles. The van der Waals surface area contributed by atoms with Gasteiger partial charge in [0, 0.05) is 5.69 Å². The van der Waals surface area contributed by atoms with Gasteiger partial charge in [0.25, 0.3) is 0 Å². The van der Waals surface area contributed by atoms with E-state index in [-0.39, 0.29) is 11.8 Å². The van der Waals surface area contributed by atoms with Crippen LogP contribution >= 0.6 is 0 Å². The van der Waals surface area contributed by atoms with Crippen LogP contribution in [0.15, 0.2) is 48.5 Å². The molecule has 2 heteroatoms. The quantitative estimate of drug-likeness (QED) is 0.495.